The van der Waals surface area contributed by atoms with E-state index in [0.29, 0.717) is 42.4 Å². The van der Waals surface area contributed by atoms with E-state index in [0.717, 1.165) is 5.56 Å². The first kappa shape index (κ1) is 17.4. The second kappa shape index (κ2) is 8.59. The fourth-order valence-electron chi connectivity index (χ4n) is 2.19. The first-order valence-electron chi connectivity index (χ1n) is 7.84. The van der Waals surface area contributed by atoms with E-state index in [1.54, 1.807) is 30.3 Å². The van der Waals surface area contributed by atoms with Crippen molar-refractivity contribution in [3.05, 3.63) is 53.6 Å². The van der Waals surface area contributed by atoms with Gasteiger partial charge in [0.05, 0.1) is 25.7 Å². The Morgan fingerprint density at radius 3 is 2.33 bits per heavy atom. The molecule has 2 aromatic rings. The molecule has 0 spiro atoms. The Morgan fingerprint density at radius 1 is 1.04 bits per heavy atom. The quantitative estimate of drug-likeness (QED) is 0.841. The summed E-state index contributed by atoms with van der Waals surface area (Å²) in [6, 6.07) is 14.4. The van der Waals surface area contributed by atoms with Gasteiger partial charge < -0.3 is 14.8 Å². The van der Waals surface area contributed by atoms with E-state index in [4.69, 9.17) is 14.7 Å². The maximum absolute atomic E-state index is 12.4. The Morgan fingerprint density at radius 2 is 1.71 bits per heavy atom. The van der Waals surface area contributed by atoms with Gasteiger partial charge in [-0.2, -0.15) is 5.26 Å². The van der Waals surface area contributed by atoms with Crippen molar-refractivity contribution in [2.24, 2.45) is 0 Å². The molecule has 0 aromatic heterocycles. The number of carbonyl (C=O) groups is 1. The van der Waals surface area contributed by atoms with Crippen molar-refractivity contribution in [2.75, 3.05) is 18.5 Å². The SMILES string of the molecule is CCOc1ccc(C(=O)Nc2ccc(CC#N)cc2)cc1OCC. The zero-order chi connectivity index (χ0) is 17.4. The van der Waals surface area contributed by atoms with Gasteiger partial charge in [0.15, 0.2) is 11.5 Å². The number of anilines is 1. The number of rotatable bonds is 7. The zero-order valence-electron chi connectivity index (χ0n) is 13.8. The molecule has 0 aliphatic heterocycles. The van der Waals surface area contributed by atoms with Crippen LogP contribution >= 0.6 is 0 Å². The topological polar surface area (TPSA) is 71.3 Å². The van der Waals surface area contributed by atoms with Crippen molar-refractivity contribution in [3.63, 3.8) is 0 Å². The van der Waals surface area contributed by atoms with E-state index < -0.39 is 0 Å². The minimum absolute atomic E-state index is 0.230. The van der Waals surface area contributed by atoms with Gasteiger partial charge in [-0.25, -0.2) is 0 Å². The molecule has 2 rings (SSSR count). The van der Waals surface area contributed by atoms with Gasteiger partial charge in [0.1, 0.15) is 0 Å². The van der Waals surface area contributed by atoms with Crippen molar-refractivity contribution < 1.29 is 14.3 Å². The Bertz CT molecular complexity index is 733. The lowest BCUT2D eigenvalue weighted by Gasteiger charge is -2.12. The fourth-order valence-corrected chi connectivity index (χ4v) is 2.19. The van der Waals surface area contributed by atoms with E-state index in [-0.39, 0.29) is 5.91 Å². The van der Waals surface area contributed by atoms with Crippen LogP contribution in [0.1, 0.15) is 29.8 Å². The van der Waals surface area contributed by atoms with Crippen LogP contribution in [-0.4, -0.2) is 19.1 Å². The highest BCUT2D eigenvalue weighted by atomic mass is 16.5. The van der Waals surface area contributed by atoms with Gasteiger partial charge in [0, 0.05) is 11.3 Å². The second-order valence-corrected chi connectivity index (χ2v) is 5.01. The summed E-state index contributed by atoms with van der Waals surface area (Å²) < 4.78 is 11.0. The van der Waals surface area contributed by atoms with Crippen LogP contribution < -0.4 is 14.8 Å². The summed E-state index contributed by atoms with van der Waals surface area (Å²) in [5.74, 6) is 0.945. The number of hydrogen-bond donors (Lipinski definition) is 1. The number of benzene rings is 2. The van der Waals surface area contributed by atoms with Crippen molar-refractivity contribution in [3.8, 4) is 17.6 Å². The van der Waals surface area contributed by atoms with Crippen LogP contribution in [-0.2, 0) is 6.42 Å². The van der Waals surface area contributed by atoms with E-state index in [2.05, 4.69) is 11.4 Å². The number of nitriles is 1. The number of ether oxygens (including phenoxy) is 2. The standard InChI is InChI=1S/C19H20N2O3/c1-3-23-17-10-7-15(13-18(17)24-4-2)19(22)21-16-8-5-14(6-9-16)11-12-20/h5-10,13H,3-4,11H2,1-2H3,(H,21,22). The lowest BCUT2D eigenvalue weighted by molar-refractivity contribution is 0.102. The molecular formula is C19H20N2O3. The Labute approximate surface area is 141 Å². The van der Waals surface area contributed by atoms with Crippen molar-refractivity contribution in [2.45, 2.75) is 20.3 Å². The molecule has 0 fully saturated rings. The molecule has 124 valence electrons. The van der Waals surface area contributed by atoms with Crippen LogP contribution in [0, 0.1) is 11.3 Å². The van der Waals surface area contributed by atoms with Crippen LogP contribution in [0.15, 0.2) is 42.5 Å². The minimum Gasteiger partial charge on any atom is -0.490 e. The van der Waals surface area contributed by atoms with Gasteiger partial charge in [-0.15, -0.1) is 0 Å². The molecule has 5 heteroatoms. The fraction of sp³-hybridized carbons (Fsp3) is 0.263. The lowest BCUT2D eigenvalue weighted by atomic mass is 10.1. The summed E-state index contributed by atoms with van der Waals surface area (Å²) in [5, 5.41) is 11.5. The van der Waals surface area contributed by atoms with Gasteiger partial charge in [-0.05, 0) is 49.7 Å². The summed E-state index contributed by atoms with van der Waals surface area (Å²) in [4.78, 5) is 12.4. The maximum atomic E-state index is 12.4. The molecule has 1 amide bonds. The number of nitrogens with zero attached hydrogens (tertiary/aromatic N) is 1. The molecular weight excluding hydrogens is 304 g/mol. The van der Waals surface area contributed by atoms with Crippen molar-refractivity contribution in [1.82, 2.24) is 0 Å². The maximum Gasteiger partial charge on any atom is 0.255 e. The van der Waals surface area contributed by atoms with E-state index in [1.807, 2.05) is 26.0 Å². The number of nitrogens with one attached hydrogen (secondary N) is 1. The van der Waals surface area contributed by atoms with Crippen LogP contribution in [0.5, 0.6) is 11.5 Å². The average Bonchev–Trinajstić information content (AvgIpc) is 2.59. The third-order valence-electron chi connectivity index (χ3n) is 3.30. The Kier molecular flexibility index (Phi) is 6.21. The van der Waals surface area contributed by atoms with Crippen LogP contribution in [0.3, 0.4) is 0 Å². The number of amides is 1. The predicted molar refractivity (Wildman–Crippen MR) is 92.5 cm³/mol. The van der Waals surface area contributed by atoms with Gasteiger partial charge in [-0.1, -0.05) is 12.1 Å². The van der Waals surface area contributed by atoms with E-state index >= 15 is 0 Å². The van der Waals surface area contributed by atoms with E-state index in [1.165, 1.54) is 0 Å². The van der Waals surface area contributed by atoms with Gasteiger partial charge in [-0.3, -0.25) is 4.79 Å². The highest BCUT2D eigenvalue weighted by Gasteiger charge is 2.12. The first-order valence-corrected chi connectivity index (χ1v) is 7.84. The summed E-state index contributed by atoms with van der Waals surface area (Å²) in [7, 11) is 0. The normalized spacial score (nSPS) is 9.88. The highest BCUT2D eigenvalue weighted by molar-refractivity contribution is 6.04. The molecule has 0 saturated carbocycles. The van der Waals surface area contributed by atoms with Gasteiger partial charge in [0.25, 0.3) is 5.91 Å². The average molecular weight is 324 g/mol. The lowest BCUT2D eigenvalue weighted by Crippen LogP contribution is -2.12. The molecule has 0 saturated heterocycles. The summed E-state index contributed by atoms with van der Waals surface area (Å²) >= 11 is 0. The predicted octanol–water partition coefficient (Wildman–Crippen LogP) is 3.80. The molecule has 5 nitrogen and oxygen atoms in total. The first-order chi connectivity index (χ1) is 11.7. The van der Waals surface area contributed by atoms with Crippen LogP contribution in [0.2, 0.25) is 0 Å². The molecule has 0 aliphatic rings. The van der Waals surface area contributed by atoms with Gasteiger partial charge >= 0.3 is 0 Å². The smallest absolute Gasteiger partial charge is 0.255 e. The minimum atomic E-state index is -0.230. The van der Waals surface area contributed by atoms with Gasteiger partial charge in [0.2, 0.25) is 0 Å². The second-order valence-electron chi connectivity index (χ2n) is 5.01. The monoisotopic (exact) mass is 324 g/mol. The van der Waals surface area contributed by atoms with E-state index in [9.17, 15) is 4.79 Å². The highest BCUT2D eigenvalue weighted by Crippen LogP contribution is 2.28. The van der Waals surface area contributed by atoms with Crippen molar-refractivity contribution in [1.29, 1.82) is 5.26 Å². The molecule has 0 aliphatic carbocycles. The molecule has 0 heterocycles. The Balaban J connectivity index is 2.14. The summed E-state index contributed by atoms with van der Waals surface area (Å²) in [6.45, 7) is 4.80. The number of carbonyl (C=O) groups excluding carboxylic acids is 1. The third kappa shape index (κ3) is 4.50. The molecule has 0 bridgehead atoms. The summed E-state index contributed by atoms with van der Waals surface area (Å²) in [6.07, 6.45) is 0.352. The number of hydrogen-bond acceptors (Lipinski definition) is 4. The van der Waals surface area contributed by atoms with Crippen LogP contribution in [0.25, 0.3) is 0 Å². The molecule has 1 N–H and O–H groups in total. The van der Waals surface area contributed by atoms with Crippen LogP contribution in [0.4, 0.5) is 5.69 Å². The largest absolute Gasteiger partial charge is 0.490 e. The molecule has 0 radical (unpaired) electrons. The Hall–Kier alpha value is -3.00. The third-order valence-corrected chi connectivity index (χ3v) is 3.30. The molecule has 0 atom stereocenters. The van der Waals surface area contributed by atoms with Crippen molar-refractivity contribution >= 4 is 11.6 Å². The molecule has 2 aromatic carbocycles. The zero-order valence-corrected chi connectivity index (χ0v) is 13.8. The molecule has 0 unspecified atom stereocenters. The molecule has 24 heavy (non-hydrogen) atoms. The summed E-state index contributed by atoms with van der Waals surface area (Å²) in [5.41, 5.74) is 2.08.